The minimum atomic E-state index is -2.15. The minimum Gasteiger partial charge on any atom is -0.302 e. The molecule has 0 spiro atoms. The molecule has 1 N–H and O–H groups in total. The van der Waals surface area contributed by atoms with Crippen molar-refractivity contribution in [2.24, 2.45) is 0 Å². The fraction of sp³-hybridized carbons (Fsp3) is 0. The standard InChI is InChI=1S/C6H4ClFO2S/c7-5-3-4(8)1-2-6(5)11(9)10/h1-3H,(H,9,10). The summed E-state index contributed by atoms with van der Waals surface area (Å²) in [5.41, 5.74) is 0. The highest BCUT2D eigenvalue weighted by molar-refractivity contribution is 7.79. The van der Waals surface area contributed by atoms with E-state index < -0.39 is 16.9 Å². The van der Waals surface area contributed by atoms with Crippen molar-refractivity contribution in [2.75, 3.05) is 0 Å². The summed E-state index contributed by atoms with van der Waals surface area (Å²) in [5, 5.41) is -0.0363. The molecule has 1 atom stereocenters. The lowest BCUT2D eigenvalue weighted by atomic mass is 10.3. The van der Waals surface area contributed by atoms with Crippen LogP contribution in [-0.4, -0.2) is 8.76 Å². The lowest BCUT2D eigenvalue weighted by molar-refractivity contribution is 0.564. The number of hydrogen-bond donors (Lipinski definition) is 1. The van der Waals surface area contributed by atoms with Crippen LogP contribution in [0, 0.1) is 5.82 Å². The van der Waals surface area contributed by atoms with Crippen LogP contribution in [0.1, 0.15) is 0 Å². The highest BCUT2D eigenvalue weighted by Gasteiger charge is 2.05. The van der Waals surface area contributed by atoms with Crippen LogP contribution in [0.3, 0.4) is 0 Å². The Bertz CT molecular complexity index is 303. The lowest BCUT2D eigenvalue weighted by Gasteiger charge is -1.96. The Kier molecular flexibility index (Phi) is 2.59. The second kappa shape index (κ2) is 3.30. The molecule has 0 bridgehead atoms. The van der Waals surface area contributed by atoms with Crippen molar-refractivity contribution in [3.8, 4) is 0 Å². The second-order valence-electron chi connectivity index (χ2n) is 1.82. The Hall–Kier alpha value is -0.450. The molecule has 1 aromatic rings. The zero-order chi connectivity index (χ0) is 8.43. The van der Waals surface area contributed by atoms with Crippen molar-refractivity contribution < 1.29 is 13.2 Å². The van der Waals surface area contributed by atoms with E-state index in [0.717, 1.165) is 12.1 Å². The molecule has 11 heavy (non-hydrogen) atoms. The molecule has 0 radical (unpaired) electrons. The van der Waals surface area contributed by atoms with Gasteiger partial charge in [-0.2, -0.15) is 0 Å². The van der Waals surface area contributed by atoms with Gasteiger partial charge in [-0.15, -0.1) is 0 Å². The third-order valence-electron chi connectivity index (χ3n) is 1.08. The predicted octanol–water partition coefficient (Wildman–Crippen LogP) is 2.06. The molecule has 0 aliphatic rings. The number of hydrogen-bond acceptors (Lipinski definition) is 1. The predicted molar refractivity (Wildman–Crippen MR) is 40.4 cm³/mol. The maximum absolute atomic E-state index is 12.3. The molecule has 0 saturated heterocycles. The quantitative estimate of drug-likeness (QED) is 0.695. The van der Waals surface area contributed by atoms with Crippen LogP contribution in [0.4, 0.5) is 4.39 Å². The fourth-order valence-electron chi connectivity index (χ4n) is 0.617. The van der Waals surface area contributed by atoms with Gasteiger partial charge in [0.2, 0.25) is 0 Å². The molecule has 1 unspecified atom stereocenters. The summed E-state index contributed by atoms with van der Waals surface area (Å²) in [5.74, 6) is -0.524. The maximum Gasteiger partial charge on any atom is 0.188 e. The monoisotopic (exact) mass is 194 g/mol. The van der Waals surface area contributed by atoms with E-state index in [2.05, 4.69) is 0 Å². The molecule has 1 rings (SSSR count). The van der Waals surface area contributed by atoms with E-state index in [-0.39, 0.29) is 9.92 Å². The highest BCUT2D eigenvalue weighted by atomic mass is 35.5. The zero-order valence-electron chi connectivity index (χ0n) is 5.25. The summed E-state index contributed by atoms with van der Waals surface area (Å²) in [6, 6.07) is 3.24. The molecule has 1 aromatic carbocycles. The first-order valence-corrected chi connectivity index (χ1v) is 4.15. The van der Waals surface area contributed by atoms with Gasteiger partial charge in [0.05, 0.1) is 9.92 Å². The summed E-state index contributed by atoms with van der Waals surface area (Å²) in [7, 11) is 0. The van der Waals surface area contributed by atoms with Crippen molar-refractivity contribution >= 4 is 22.7 Å². The van der Waals surface area contributed by atoms with Gasteiger partial charge in [-0.1, -0.05) is 11.6 Å². The fourth-order valence-corrected chi connectivity index (χ4v) is 1.39. The molecule has 0 aromatic heterocycles. The van der Waals surface area contributed by atoms with Gasteiger partial charge in [0, 0.05) is 0 Å². The molecule has 0 aliphatic carbocycles. The van der Waals surface area contributed by atoms with Crippen molar-refractivity contribution in [3.05, 3.63) is 29.0 Å². The SMILES string of the molecule is O=S(O)c1ccc(F)cc1Cl. The molecule has 0 fully saturated rings. The summed E-state index contributed by atoms with van der Waals surface area (Å²) < 4.78 is 31.3. The van der Waals surface area contributed by atoms with Gasteiger partial charge >= 0.3 is 0 Å². The minimum absolute atomic E-state index is 0.0214. The van der Waals surface area contributed by atoms with E-state index in [1.807, 2.05) is 0 Å². The molecule has 0 saturated carbocycles. The van der Waals surface area contributed by atoms with Gasteiger partial charge in [0.25, 0.3) is 0 Å². The van der Waals surface area contributed by atoms with E-state index >= 15 is 0 Å². The average Bonchev–Trinajstić information content (AvgIpc) is 1.85. The zero-order valence-corrected chi connectivity index (χ0v) is 6.82. The van der Waals surface area contributed by atoms with Gasteiger partial charge in [-0.3, -0.25) is 0 Å². The Morgan fingerprint density at radius 3 is 2.64 bits per heavy atom. The molecule has 0 aliphatic heterocycles. The van der Waals surface area contributed by atoms with Gasteiger partial charge in [-0.25, -0.2) is 8.60 Å². The first-order valence-electron chi connectivity index (χ1n) is 2.67. The summed E-state index contributed by atoms with van der Waals surface area (Å²) in [6.45, 7) is 0. The summed E-state index contributed by atoms with van der Waals surface area (Å²) >= 11 is 3.28. The third-order valence-corrected chi connectivity index (χ3v) is 2.24. The van der Waals surface area contributed by atoms with E-state index in [0.29, 0.717) is 0 Å². The normalized spacial score (nSPS) is 13.0. The Morgan fingerprint density at radius 2 is 2.18 bits per heavy atom. The number of halogens is 2. The molecule has 5 heteroatoms. The lowest BCUT2D eigenvalue weighted by Crippen LogP contribution is -1.89. The van der Waals surface area contributed by atoms with Crippen LogP contribution in [0.5, 0.6) is 0 Å². The highest BCUT2D eigenvalue weighted by Crippen LogP contribution is 2.19. The molecule has 0 heterocycles. The summed E-state index contributed by atoms with van der Waals surface area (Å²) in [6.07, 6.45) is 0. The first kappa shape index (κ1) is 8.64. The first-order chi connectivity index (χ1) is 5.11. The van der Waals surface area contributed by atoms with E-state index in [4.69, 9.17) is 16.2 Å². The molecule has 60 valence electrons. The summed E-state index contributed by atoms with van der Waals surface area (Å²) in [4.78, 5) is 0.0214. The second-order valence-corrected chi connectivity index (χ2v) is 3.17. The number of benzene rings is 1. The van der Waals surface area contributed by atoms with Crippen molar-refractivity contribution in [3.63, 3.8) is 0 Å². The van der Waals surface area contributed by atoms with Crippen LogP contribution >= 0.6 is 11.6 Å². The Labute approximate surface area is 70.3 Å². The van der Waals surface area contributed by atoms with Gasteiger partial charge in [0.15, 0.2) is 11.1 Å². The molecular weight excluding hydrogens is 191 g/mol. The molecular formula is C6H4ClFO2S. The molecule has 2 nitrogen and oxygen atoms in total. The largest absolute Gasteiger partial charge is 0.302 e. The molecule has 0 amide bonds. The Morgan fingerprint density at radius 1 is 1.55 bits per heavy atom. The van der Waals surface area contributed by atoms with Crippen LogP contribution < -0.4 is 0 Å². The van der Waals surface area contributed by atoms with Gasteiger partial charge < -0.3 is 4.55 Å². The smallest absolute Gasteiger partial charge is 0.188 e. The topological polar surface area (TPSA) is 37.3 Å². The van der Waals surface area contributed by atoms with Crippen molar-refractivity contribution in [1.82, 2.24) is 0 Å². The van der Waals surface area contributed by atoms with Crippen LogP contribution in [0.2, 0.25) is 5.02 Å². The van der Waals surface area contributed by atoms with Gasteiger partial charge in [-0.05, 0) is 18.2 Å². The Balaban J connectivity index is 3.20. The van der Waals surface area contributed by atoms with Crippen molar-refractivity contribution in [2.45, 2.75) is 4.90 Å². The van der Waals surface area contributed by atoms with Crippen LogP contribution in [0.25, 0.3) is 0 Å². The van der Waals surface area contributed by atoms with Crippen molar-refractivity contribution in [1.29, 1.82) is 0 Å². The van der Waals surface area contributed by atoms with E-state index in [1.165, 1.54) is 6.07 Å². The van der Waals surface area contributed by atoms with Gasteiger partial charge in [0.1, 0.15) is 5.82 Å². The third kappa shape index (κ3) is 1.99. The number of rotatable bonds is 1. The van der Waals surface area contributed by atoms with E-state index in [1.54, 1.807) is 0 Å². The van der Waals surface area contributed by atoms with Crippen LogP contribution in [0.15, 0.2) is 23.1 Å². The van der Waals surface area contributed by atoms with Crippen LogP contribution in [-0.2, 0) is 11.1 Å². The average molecular weight is 195 g/mol. The van der Waals surface area contributed by atoms with E-state index in [9.17, 15) is 8.60 Å². The maximum atomic E-state index is 12.3.